The Hall–Kier alpha value is -2.34. The van der Waals surface area contributed by atoms with Gasteiger partial charge in [0, 0.05) is 12.7 Å². The molecule has 0 aliphatic heterocycles. The van der Waals surface area contributed by atoms with E-state index >= 15 is 0 Å². The van der Waals surface area contributed by atoms with Crippen molar-refractivity contribution in [3.8, 4) is 0 Å². The number of carbonyl (C=O) groups is 1. The highest BCUT2D eigenvalue weighted by molar-refractivity contribution is 5.75. The molecule has 1 amide bonds. The Morgan fingerprint density at radius 1 is 1.43 bits per heavy atom. The largest absolute Gasteiger partial charge is 0.395 e. The van der Waals surface area contributed by atoms with Gasteiger partial charge in [-0.05, 0) is 23.5 Å². The van der Waals surface area contributed by atoms with E-state index in [0.29, 0.717) is 5.92 Å². The predicted octanol–water partition coefficient (Wildman–Crippen LogP) is 1.34. The molecule has 1 aliphatic carbocycles. The van der Waals surface area contributed by atoms with E-state index in [1.165, 1.54) is 11.1 Å². The minimum absolute atomic E-state index is 0.0589. The summed E-state index contributed by atoms with van der Waals surface area (Å²) in [6.45, 7) is 2.60. The second-order valence-corrected chi connectivity index (χ2v) is 6.00. The zero-order chi connectivity index (χ0) is 16.2. The normalized spacial score (nSPS) is 19.4. The van der Waals surface area contributed by atoms with Crippen molar-refractivity contribution in [1.29, 1.82) is 0 Å². The molecule has 1 aromatic heterocycles. The van der Waals surface area contributed by atoms with Crippen molar-refractivity contribution < 1.29 is 9.90 Å². The molecule has 23 heavy (non-hydrogen) atoms. The monoisotopic (exact) mass is 314 g/mol. The van der Waals surface area contributed by atoms with Crippen LogP contribution in [0.1, 0.15) is 24.1 Å². The lowest BCUT2D eigenvalue weighted by Crippen LogP contribution is -2.30. The number of amides is 1. The van der Waals surface area contributed by atoms with E-state index in [1.54, 1.807) is 10.9 Å². The van der Waals surface area contributed by atoms with Gasteiger partial charge in [0.25, 0.3) is 0 Å². The number of anilines is 1. The molecule has 0 spiro atoms. The second kappa shape index (κ2) is 6.83. The van der Waals surface area contributed by atoms with Gasteiger partial charge in [0.2, 0.25) is 5.91 Å². The van der Waals surface area contributed by atoms with Gasteiger partial charge >= 0.3 is 0 Å². The highest BCUT2D eigenvalue weighted by Crippen LogP contribution is 2.37. The first-order chi connectivity index (χ1) is 11.2. The Bertz CT molecular complexity index is 683. The molecule has 1 heterocycles. The van der Waals surface area contributed by atoms with Crippen LogP contribution in [0.15, 0.2) is 36.7 Å². The van der Waals surface area contributed by atoms with Crippen LogP contribution in [0.2, 0.25) is 0 Å². The second-order valence-electron chi connectivity index (χ2n) is 6.00. The van der Waals surface area contributed by atoms with Gasteiger partial charge in [0.1, 0.15) is 6.54 Å². The number of hydrogen-bond donors (Lipinski definition) is 3. The molecule has 0 saturated carbocycles. The van der Waals surface area contributed by atoms with Crippen LogP contribution < -0.4 is 10.6 Å². The molecule has 3 N–H and O–H groups in total. The number of hydrogen-bond acceptors (Lipinski definition) is 4. The van der Waals surface area contributed by atoms with E-state index in [0.717, 1.165) is 12.1 Å². The van der Waals surface area contributed by atoms with Gasteiger partial charge in [-0.1, -0.05) is 31.2 Å². The Kier molecular flexibility index (Phi) is 4.62. The fraction of sp³-hybridized carbons (Fsp3) is 0.412. The summed E-state index contributed by atoms with van der Waals surface area (Å²) in [5.74, 6) is 0.358. The van der Waals surface area contributed by atoms with Gasteiger partial charge in [0.05, 0.1) is 24.5 Å². The van der Waals surface area contributed by atoms with Crippen molar-refractivity contribution in [2.24, 2.45) is 5.92 Å². The van der Waals surface area contributed by atoms with Crippen LogP contribution in [0.25, 0.3) is 0 Å². The molecule has 122 valence electrons. The summed E-state index contributed by atoms with van der Waals surface area (Å²) in [6.07, 6.45) is 4.66. The van der Waals surface area contributed by atoms with Crippen LogP contribution in [-0.4, -0.2) is 33.9 Å². The predicted molar refractivity (Wildman–Crippen MR) is 88.0 cm³/mol. The quantitative estimate of drug-likeness (QED) is 0.752. The van der Waals surface area contributed by atoms with Crippen molar-refractivity contribution in [3.05, 3.63) is 47.8 Å². The van der Waals surface area contributed by atoms with E-state index in [2.05, 4.69) is 46.9 Å². The van der Waals surface area contributed by atoms with Crippen molar-refractivity contribution >= 4 is 11.6 Å². The molecule has 6 nitrogen and oxygen atoms in total. The smallest absolute Gasteiger partial charge is 0.241 e. The fourth-order valence-corrected chi connectivity index (χ4v) is 3.12. The summed E-state index contributed by atoms with van der Waals surface area (Å²) in [6, 6.07) is 8.77. The maximum atomic E-state index is 11.6. The van der Waals surface area contributed by atoms with Gasteiger partial charge in [-0.25, -0.2) is 0 Å². The van der Waals surface area contributed by atoms with Gasteiger partial charge in [-0.15, -0.1) is 0 Å². The molecule has 1 aromatic carbocycles. The first kappa shape index (κ1) is 15.6. The molecular formula is C17H22N4O2. The molecule has 3 rings (SSSR count). The van der Waals surface area contributed by atoms with Gasteiger partial charge in [-0.2, -0.15) is 5.10 Å². The van der Waals surface area contributed by atoms with E-state index in [9.17, 15) is 4.79 Å². The summed E-state index contributed by atoms with van der Waals surface area (Å²) in [7, 11) is 0. The highest BCUT2D eigenvalue weighted by atomic mass is 16.3. The van der Waals surface area contributed by atoms with Crippen molar-refractivity contribution in [1.82, 2.24) is 15.1 Å². The number of aliphatic hydroxyl groups excluding tert-OH is 1. The van der Waals surface area contributed by atoms with Gasteiger partial charge in [-0.3, -0.25) is 9.48 Å². The molecule has 0 unspecified atom stereocenters. The zero-order valence-electron chi connectivity index (χ0n) is 13.2. The lowest BCUT2D eigenvalue weighted by molar-refractivity contribution is -0.122. The molecule has 6 heteroatoms. The summed E-state index contributed by atoms with van der Waals surface area (Å²) in [5, 5.41) is 19.1. The lowest BCUT2D eigenvalue weighted by Gasteiger charge is -2.18. The average Bonchev–Trinajstić information content (AvgIpc) is 3.10. The number of rotatable bonds is 6. The average molecular weight is 314 g/mol. The first-order valence-corrected chi connectivity index (χ1v) is 7.91. The van der Waals surface area contributed by atoms with Crippen LogP contribution in [0.3, 0.4) is 0 Å². The number of nitrogens with zero attached hydrogens (tertiary/aromatic N) is 2. The third kappa shape index (κ3) is 3.53. The number of aromatic nitrogens is 2. The number of fused-ring (bicyclic) bond motifs is 1. The first-order valence-electron chi connectivity index (χ1n) is 7.91. The summed E-state index contributed by atoms with van der Waals surface area (Å²) in [4.78, 5) is 11.6. The molecule has 0 fully saturated rings. The summed E-state index contributed by atoms with van der Waals surface area (Å²) in [5.41, 5.74) is 3.65. The van der Waals surface area contributed by atoms with Crippen molar-refractivity contribution in [2.75, 3.05) is 18.5 Å². The standard InChI is InChI=1S/C17H22N4O2/c1-12-8-13-4-2-3-5-15(13)17(12)20-14-9-19-21(10-14)11-16(23)18-6-7-22/h2-5,9-10,12,17,20,22H,6-8,11H2,1H3,(H,18,23)/t12-,17-/m1/s1. The van der Waals surface area contributed by atoms with Crippen LogP contribution in [0.4, 0.5) is 5.69 Å². The fourth-order valence-electron chi connectivity index (χ4n) is 3.12. The van der Waals surface area contributed by atoms with Gasteiger partial charge in [0.15, 0.2) is 0 Å². The van der Waals surface area contributed by atoms with Crippen LogP contribution >= 0.6 is 0 Å². The Morgan fingerprint density at radius 2 is 2.26 bits per heavy atom. The third-order valence-electron chi connectivity index (χ3n) is 4.20. The summed E-state index contributed by atoms with van der Waals surface area (Å²) < 4.78 is 1.60. The molecule has 2 atom stereocenters. The molecule has 0 radical (unpaired) electrons. The zero-order valence-corrected chi connectivity index (χ0v) is 13.2. The summed E-state index contributed by atoms with van der Waals surface area (Å²) >= 11 is 0. The SMILES string of the molecule is C[C@@H]1Cc2ccccc2[C@@H]1Nc1cnn(CC(=O)NCCO)c1. The van der Waals surface area contributed by atoms with Crippen molar-refractivity contribution in [3.63, 3.8) is 0 Å². The van der Waals surface area contributed by atoms with Crippen LogP contribution in [0.5, 0.6) is 0 Å². The maximum Gasteiger partial charge on any atom is 0.241 e. The number of benzene rings is 1. The molecule has 2 aromatic rings. The minimum atomic E-state index is -0.159. The number of nitrogens with one attached hydrogen (secondary N) is 2. The van der Waals surface area contributed by atoms with E-state index in [4.69, 9.17) is 5.11 Å². The van der Waals surface area contributed by atoms with Crippen LogP contribution in [-0.2, 0) is 17.8 Å². The third-order valence-corrected chi connectivity index (χ3v) is 4.20. The Balaban J connectivity index is 1.64. The van der Waals surface area contributed by atoms with E-state index in [1.807, 2.05) is 6.20 Å². The maximum absolute atomic E-state index is 11.6. The topological polar surface area (TPSA) is 79.2 Å². The minimum Gasteiger partial charge on any atom is -0.395 e. The lowest BCUT2D eigenvalue weighted by atomic mass is 10.0. The molecule has 0 saturated heterocycles. The van der Waals surface area contributed by atoms with Crippen LogP contribution in [0, 0.1) is 5.92 Å². The number of aliphatic hydroxyl groups is 1. The molecule has 1 aliphatic rings. The number of carbonyl (C=O) groups excluding carboxylic acids is 1. The van der Waals surface area contributed by atoms with Gasteiger partial charge < -0.3 is 15.7 Å². The molecule has 0 bridgehead atoms. The Morgan fingerprint density at radius 3 is 3.09 bits per heavy atom. The van der Waals surface area contributed by atoms with E-state index < -0.39 is 0 Å². The van der Waals surface area contributed by atoms with E-state index in [-0.39, 0.29) is 31.6 Å². The van der Waals surface area contributed by atoms with Crippen molar-refractivity contribution in [2.45, 2.75) is 25.9 Å². The highest BCUT2D eigenvalue weighted by Gasteiger charge is 2.29. The Labute approximate surface area is 135 Å². The molecular weight excluding hydrogens is 292 g/mol.